The fourth-order valence-corrected chi connectivity index (χ4v) is 4.33. The molecule has 0 spiro atoms. The average molecular weight is 484 g/mol. The first-order valence-electron chi connectivity index (χ1n) is 9.84. The highest BCUT2D eigenvalue weighted by molar-refractivity contribution is 7.99. The number of carbonyl (C=O) groups excluding carboxylic acids is 1. The summed E-state index contributed by atoms with van der Waals surface area (Å²) in [4.78, 5) is 29.7. The minimum Gasteiger partial charge on any atom is -0.325 e. The Morgan fingerprint density at radius 2 is 1.78 bits per heavy atom. The van der Waals surface area contributed by atoms with Crippen molar-refractivity contribution < 1.29 is 4.79 Å². The summed E-state index contributed by atoms with van der Waals surface area (Å²) in [5.74, 6) is 0.960. The van der Waals surface area contributed by atoms with Crippen molar-refractivity contribution in [1.29, 1.82) is 0 Å². The third kappa shape index (κ3) is 5.51. The summed E-state index contributed by atoms with van der Waals surface area (Å²) >= 11 is 13.6. The van der Waals surface area contributed by atoms with Gasteiger partial charge in [0.15, 0.2) is 0 Å². The standard InChI is InChI=1S/C24H19Cl2N3O2S/c25-20-8-6-17(10-21(20)26)12-29-15-27-22-9-7-18(11-19(22)24(29)31)28-23(30)14-32-13-16-4-2-1-3-5-16/h1-11,15H,12-14H2,(H,28,30). The Hall–Kier alpha value is -2.80. The summed E-state index contributed by atoms with van der Waals surface area (Å²) in [6, 6.07) is 20.4. The smallest absolute Gasteiger partial charge is 0.261 e. The number of aromatic nitrogens is 2. The van der Waals surface area contributed by atoms with E-state index in [4.69, 9.17) is 23.2 Å². The lowest BCUT2D eigenvalue weighted by Crippen LogP contribution is -2.21. The van der Waals surface area contributed by atoms with Gasteiger partial charge < -0.3 is 5.32 Å². The predicted octanol–water partition coefficient (Wildman–Crippen LogP) is 5.62. The number of carbonyl (C=O) groups is 1. The van der Waals surface area contributed by atoms with Crippen molar-refractivity contribution in [2.24, 2.45) is 0 Å². The van der Waals surface area contributed by atoms with E-state index in [1.165, 1.54) is 28.2 Å². The topological polar surface area (TPSA) is 64.0 Å². The van der Waals surface area contributed by atoms with Crippen LogP contribution in [-0.2, 0) is 17.1 Å². The van der Waals surface area contributed by atoms with E-state index in [2.05, 4.69) is 10.3 Å². The lowest BCUT2D eigenvalue weighted by Gasteiger charge is -2.09. The van der Waals surface area contributed by atoms with Crippen molar-refractivity contribution in [2.75, 3.05) is 11.1 Å². The maximum Gasteiger partial charge on any atom is 0.261 e. The number of hydrogen-bond donors (Lipinski definition) is 1. The van der Waals surface area contributed by atoms with E-state index in [0.717, 1.165) is 11.3 Å². The van der Waals surface area contributed by atoms with E-state index in [1.54, 1.807) is 30.3 Å². The molecule has 0 aliphatic rings. The lowest BCUT2D eigenvalue weighted by atomic mass is 10.2. The summed E-state index contributed by atoms with van der Waals surface area (Å²) in [6.07, 6.45) is 1.51. The second-order valence-corrected chi connectivity index (χ2v) is 8.98. The molecule has 4 aromatic rings. The van der Waals surface area contributed by atoms with Crippen LogP contribution in [0.4, 0.5) is 5.69 Å². The molecule has 0 fully saturated rings. The van der Waals surface area contributed by atoms with Gasteiger partial charge in [-0.1, -0.05) is 59.6 Å². The van der Waals surface area contributed by atoms with Gasteiger partial charge in [-0.3, -0.25) is 14.2 Å². The molecule has 162 valence electrons. The first-order chi connectivity index (χ1) is 15.5. The quantitative estimate of drug-likeness (QED) is 0.370. The Balaban J connectivity index is 1.46. The lowest BCUT2D eigenvalue weighted by molar-refractivity contribution is -0.113. The molecule has 1 amide bonds. The Morgan fingerprint density at radius 3 is 2.56 bits per heavy atom. The molecule has 0 atom stereocenters. The Labute approximate surface area is 199 Å². The van der Waals surface area contributed by atoms with Gasteiger partial charge in [-0.2, -0.15) is 0 Å². The number of rotatable bonds is 7. The summed E-state index contributed by atoms with van der Waals surface area (Å²) < 4.78 is 1.50. The molecular formula is C24H19Cl2N3O2S. The van der Waals surface area contributed by atoms with Crippen molar-refractivity contribution in [2.45, 2.75) is 12.3 Å². The number of benzene rings is 3. The monoisotopic (exact) mass is 483 g/mol. The number of halogens is 2. The molecule has 1 N–H and O–H groups in total. The van der Waals surface area contributed by atoms with Gasteiger partial charge in [-0.05, 0) is 41.5 Å². The molecule has 0 saturated heterocycles. The van der Waals surface area contributed by atoms with Crippen LogP contribution in [0.2, 0.25) is 10.0 Å². The fraction of sp³-hybridized carbons (Fsp3) is 0.125. The third-order valence-corrected chi connectivity index (χ3v) is 6.53. The van der Waals surface area contributed by atoms with Crippen LogP contribution in [0.15, 0.2) is 77.9 Å². The van der Waals surface area contributed by atoms with E-state index in [9.17, 15) is 9.59 Å². The van der Waals surface area contributed by atoms with E-state index in [-0.39, 0.29) is 11.5 Å². The number of fused-ring (bicyclic) bond motifs is 1. The molecule has 0 radical (unpaired) electrons. The maximum absolute atomic E-state index is 13.0. The van der Waals surface area contributed by atoms with E-state index < -0.39 is 0 Å². The highest BCUT2D eigenvalue weighted by Gasteiger charge is 2.09. The SMILES string of the molecule is O=C(CSCc1ccccc1)Nc1ccc2ncn(Cc3ccc(Cl)c(Cl)c3)c(=O)c2c1. The molecular weight excluding hydrogens is 465 g/mol. The molecule has 3 aromatic carbocycles. The molecule has 0 bridgehead atoms. The molecule has 32 heavy (non-hydrogen) atoms. The predicted molar refractivity (Wildman–Crippen MR) is 133 cm³/mol. The highest BCUT2D eigenvalue weighted by Crippen LogP contribution is 2.23. The van der Waals surface area contributed by atoms with Crippen molar-refractivity contribution in [3.63, 3.8) is 0 Å². The minimum absolute atomic E-state index is 0.120. The normalized spacial score (nSPS) is 10.9. The largest absolute Gasteiger partial charge is 0.325 e. The van der Waals surface area contributed by atoms with Gasteiger partial charge in [-0.25, -0.2) is 4.98 Å². The van der Waals surface area contributed by atoms with E-state index in [1.807, 2.05) is 36.4 Å². The van der Waals surface area contributed by atoms with Crippen LogP contribution in [0, 0.1) is 0 Å². The van der Waals surface area contributed by atoms with Gasteiger partial charge in [-0.15, -0.1) is 11.8 Å². The molecule has 1 heterocycles. The van der Waals surface area contributed by atoms with Gasteiger partial charge in [0.05, 0.1) is 39.6 Å². The molecule has 0 aliphatic carbocycles. The number of amides is 1. The molecule has 0 aliphatic heterocycles. The van der Waals surface area contributed by atoms with E-state index in [0.29, 0.717) is 38.9 Å². The van der Waals surface area contributed by atoms with Crippen LogP contribution in [0.3, 0.4) is 0 Å². The fourth-order valence-electron chi connectivity index (χ4n) is 3.22. The van der Waals surface area contributed by atoms with Crippen LogP contribution in [0.25, 0.3) is 10.9 Å². The molecule has 5 nitrogen and oxygen atoms in total. The molecule has 4 rings (SSSR count). The van der Waals surface area contributed by atoms with Crippen LogP contribution < -0.4 is 10.9 Å². The van der Waals surface area contributed by atoms with Gasteiger partial charge in [0.25, 0.3) is 5.56 Å². The minimum atomic E-state index is -0.198. The Bertz CT molecular complexity index is 1330. The Kier molecular flexibility index (Phi) is 7.15. The van der Waals surface area contributed by atoms with Crippen molar-refractivity contribution in [3.8, 4) is 0 Å². The summed E-state index contributed by atoms with van der Waals surface area (Å²) in [5.41, 5.74) is 2.94. The molecule has 0 unspecified atom stereocenters. The van der Waals surface area contributed by atoms with Gasteiger partial charge in [0.1, 0.15) is 0 Å². The molecule has 0 saturated carbocycles. The molecule has 8 heteroatoms. The van der Waals surface area contributed by atoms with Crippen LogP contribution in [0.5, 0.6) is 0 Å². The summed E-state index contributed by atoms with van der Waals surface area (Å²) in [6.45, 7) is 0.311. The number of nitrogens with one attached hydrogen (secondary N) is 1. The first kappa shape index (κ1) is 22.4. The number of hydrogen-bond acceptors (Lipinski definition) is 4. The summed E-state index contributed by atoms with van der Waals surface area (Å²) in [5, 5.41) is 4.19. The second kappa shape index (κ2) is 10.2. The number of anilines is 1. The highest BCUT2D eigenvalue weighted by atomic mass is 35.5. The average Bonchev–Trinajstić information content (AvgIpc) is 2.79. The first-order valence-corrected chi connectivity index (χ1v) is 11.8. The van der Waals surface area contributed by atoms with Crippen LogP contribution in [-0.4, -0.2) is 21.2 Å². The van der Waals surface area contributed by atoms with Gasteiger partial charge in [0.2, 0.25) is 5.91 Å². The third-order valence-electron chi connectivity index (χ3n) is 4.79. The molecule has 1 aromatic heterocycles. The van der Waals surface area contributed by atoms with Gasteiger partial charge >= 0.3 is 0 Å². The van der Waals surface area contributed by atoms with Crippen molar-refractivity contribution in [1.82, 2.24) is 9.55 Å². The van der Waals surface area contributed by atoms with Crippen LogP contribution >= 0.6 is 35.0 Å². The van der Waals surface area contributed by atoms with Gasteiger partial charge in [0, 0.05) is 11.4 Å². The second-order valence-electron chi connectivity index (χ2n) is 7.18. The van der Waals surface area contributed by atoms with Crippen molar-refractivity contribution in [3.05, 3.63) is 105 Å². The summed E-state index contributed by atoms with van der Waals surface area (Å²) in [7, 11) is 0. The van der Waals surface area contributed by atoms with Crippen LogP contribution in [0.1, 0.15) is 11.1 Å². The van der Waals surface area contributed by atoms with E-state index >= 15 is 0 Å². The Morgan fingerprint density at radius 1 is 0.969 bits per heavy atom. The van der Waals surface area contributed by atoms with Crippen molar-refractivity contribution >= 4 is 57.5 Å². The maximum atomic E-state index is 13.0. The number of thioether (sulfide) groups is 1. The zero-order valence-corrected chi connectivity index (χ0v) is 19.3. The number of nitrogens with zero attached hydrogens (tertiary/aromatic N) is 2. The zero-order valence-electron chi connectivity index (χ0n) is 16.9. The zero-order chi connectivity index (χ0) is 22.5.